The summed E-state index contributed by atoms with van der Waals surface area (Å²) >= 11 is 0. The van der Waals surface area contributed by atoms with Crippen LogP contribution < -0.4 is 10.0 Å². The van der Waals surface area contributed by atoms with Crippen molar-refractivity contribution in [1.29, 1.82) is 0 Å². The molecular weight excluding hydrogens is 420 g/mol. The Balaban J connectivity index is 1.55. The van der Waals surface area contributed by atoms with Crippen molar-refractivity contribution >= 4 is 34.3 Å². The third kappa shape index (κ3) is 5.37. The van der Waals surface area contributed by atoms with Crippen molar-refractivity contribution in [2.24, 2.45) is 10.2 Å². The van der Waals surface area contributed by atoms with Gasteiger partial charge in [-0.05, 0) is 88.7 Å². The van der Waals surface area contributed by atoms with E-state index in [1.165, 1.54) is 11.1 Å². The van der Waals surface area contributed by atoms with Crippen LogP contribution in [0.4, 0.5) is 11.4 Å². The summed E-state index contributed by atoms with van der Waals surface area (Å²) < 4.78 is 6.10. The summed E-state index contributed by atoms with van der Waals surface area (Å²) in [5, 5.41) is 14.5. The second kappa shape index (κ2) is 10.4. The van der Waals surface area contributed by atoms with Crippen LogP contribution >= 0.6 is 0 Å². The minimum Gasteiger partial charge on any atom is -0.455 e. The molecule has 4 aromatic rings. The molecule has 0 fully saturated rings. The van der Waals surface area contributed by atoms with Crippen LogP contribution in [-0.4, -0.2) is 25.0 Å². The molecule has 0 N–H and O–H groups in total. The summed E-state index contributed by atoms with van der Waals surface area (Å²) in [7, 11) is 0. The molecule has 5 heteroatoms. The predicted octanol–water partition coefficient (Wildman–Crippen LogP) is 7.16. The maximum atomic E-state index is 6.10. The lowest BCUT2D eigenvalue weighted by Crippen LogP contribution is -2.17. The molecule has 174 valence electrons. The summed E-state index contributed by atoms with van der Waals surface area (Å²) in [6, 6.07) is 25.0. The second-order valence-corrected chi connectivity index (χ2v) is 8.44. The van der Waals surface area contributed by atoms with E-state index in [4.69, 9.17) is 14.6 Å². The van der Waals surface area contributed by atoms with E-state index < -0.39 is 0 Å². The SMILES string of the molecule is CCN(N=Cc1ccc2oc(C(C)=NN(CC)c3ccc(C)cc3)cc2c1)c1ccc(C)cc1. The Morgan fingerprint density at radius 2 is 1.38 bits per heavy atom. The number of hydrogen-bond acceptors (Lipinski definition) is 5. The van der Waals surface area contributed by atoms with E-state index in [-0.39, 0.29) is 0 Å². The number of nitrogens with zero attached hydrogens (tertiary/aromatic N) is 4. The van der Waals surface area contributed by atoms with E-state index in [2.05, 4.69) is 82.3 Å². The number of hydrogen-bond donors (Lipinski definition) is 0. The molecule has 0 amide bonds. The number of hydrazone groups is 2. The van der Waals surface area contributed by atoms with Crippen LogP contribution in [0.3, 0.4) is 0 Å². The Hall–Kier alpha value is -3.86. The molecule has 0 aliphatic heterocycles. The average Bonchev–Trinajstić information content (AvgIpc) is 3.28. The number of aryl methyl sites for hydroxylation is 2. The first-order valence-electron chi connectivity index (χ1n) is 11.8. The topological polar surface area (TPSA) is 44.3 Å². The Labute approximate surface area is 202 Å². The summed E-state index contributed by atoms with van der Waals surface area (Å²) in [6.07, 6.45) is 1.90. The van der Waals surface area contributed by atoms with E-state index >= 15 is 0 Å². The zero-order chi connectivity index (χ0) is 24.1. The van der Waals surface area contributed by atoms with Crippen LogP contribution in [0, 0.1) is 13.8 Å². The lowest BCUT2D eigenvalue weighted by atomic mass is 10.1. The molecule has 0 aliphatic carbocycles. The van der Waals surface area contributed by atoms with E-state index in [1.54, 1.807) is 0 Å². The second-order valence-electron chi connectivity index (χ2n) is 8.44. The van der Waals surface area contributed by atoms with Gasteiger partial charge in [-0.15, -0.1) is 0 Å². The molecule has 0 saturated carbocycles. The number of fused-ring (bicyclic) bond motifs is 1. The van der Waals surface area contributed by atoms with Gasteiger partial charge in [0.15, 0.2) is 5.76 Å². The zero-order valence-corrected chi connectivity index (χ0v) is 20.6. The highest BCUT2D eigenvalue weighted by molar-refractivity contribution is 6.01. The fourth-order valence-electron chi connectivity index (χ4n) is 3.76. The van der Waals surface area contributed by atoms with Crippen molar-refractivity contribution in [3.63, 3.8) is 0 Å². The van der Waals surface area contributed by atoms with Crippen LogP contribution in [0.15, 0.2) is 87.4 Å². The van der Waals surface area contributed by atoms with Gasteiger partial charge in [-0.2, -0.15) is 10.2 Å². The molecule has 1 heterocycles. The van der Waals surface area contributed by atoms with Gasteiger partial charge >= 0.3 is 0 Å². The van der Waals surface area contributed by atoms with Crippen LogP contribution in [0.1, 0.15) is 43.2 Å². The average molecular weight is 453 g/mol. The third-order valence-electron chi connectivity index (χ3n) is 5.78. The molecule has 0 atom stereocenters. The highest BCUT2D eigenvalue weighted by atomic mass is 16.3. The van der Waals surface area contributed by atoms with Gasteiger partial charge in [-0.3, -0.25) is 10.0 Å². The summed E-state index contributed by atoms with van der Waals surface area (Å²) in [6.45, 7) is 11.9. The molecule has 5 nitrogen and oxygen atoms in total. The number of benzene rings is 3. The molecule has 4 rings (SSSR count). The van der Waals surface area contributed by atoms with Crippen molar-refractivity contribution < 1.29 is 4.42 Å². The molecule has 0 radical (unpaired) electrons. The van der Waals surface area contributed by atoms with Gasteiger partial charge in [0.25, 0.3) is 0 Å². The Bertz CT molecular complexity index is 1300. The van der Waals surface area contributed by atoms with Gasteiger partial charge in [0.1, 0.15) is 11.3 Å². The molecule has 0 spiro atoms. The van der Waals surface area contributed by atoms with Gasteiger partial charge in [0, 0.05) is 18.5 Å². The summed E-state index contributed by atoms with van der Waals surface area (Å²) in [5.74, 6) is 0.768. The highest BCUT2D eigenvalue weighted by Crippen LogP contribution is 2.23. The smallest absolute Gasteiger partial charge is 0.151 e. The van der Waals surface area contributed by atoms with E-state index in [0.29, 0.717) is 0 Å². The number of rotatable bonds is 8. The summed E-state index contributed by atoms with van der Waals surface area (Å²) in [5.41, 5.74) is 7.32. The van der Waals surface area contributed by atoms with Crippen molar-refractivity contribution in [1.82, 2.24) is 0 Å². The standard InChI is InChI=1S/C29H32N4O/c1-6-32(26-13-8-21(3)9-14-26)30-20-24-12-17-28-25(18-24)19-29(34-28)23(5)31-33(7-2)27-15-10-22(4)11-16-27/h8-20H,6-7H2,1-5H3. The van der Waals surface area contributed by atoms with Crippen molar-refractivity contribution in [3.05, 3.63) is 95.2 Å². The van der Waals surface area contributed by atoms with E-state index in [1.807, 2.05) is 41.4 Å². The zero-order valence-electron chi connectivity index (χ0n) is 20.6. The van der Waals surface area contributed by atoms with Gasteiger partial charge in [-0.25, -0.2) is 0 Å². The van der Waals surface area contributed by atoms with Crippen LogP contribution in [0.2, 0.25) is 0 Å². The maximum absolute atomic E-state index is 6.10. The molecule has 34 heavy (non-hydrogen) atoms. The quantitative estimate of drug-likeness (QED) is 0.210. The van der Waals surface area contributed by atoms with E-state index in [9.17, 15) is 0 Å². The minimum atomic E-state index is 0.768. The van der Waals surface area contributed by atoms with Crippen molar-refractivity contribution in [2.45, 2.75) is 34.6 Å². The number of anilines is 2. The number of furan rings is 1. The van der Waals surface area contributed by atoms with Gasteiger partial charge in [0.05, 0.1) is 17.6 Å². The monoisotopic (exact) mass is 452 g/mol. The van der Waals surface area contributed by atoms with Crippen LogP contribution in [0.25, 0.3) is 11.0 Å². The fourth-order valence-corrected chi connectivity index (χ4v) is 3.76. The largest absolute Gasteiger partial charge is 0.455 e. The first-order chi connectivity index (χ1) is 16.5. The fraction of sp³-hybridized carbons (Fsp3) is 0.241. The Morgan fingerprint density at radius 3 is 1.97 bits per heavy atom. The molecule has 1 aromatic heterocycles. The first-order valence-corrected chi connectivity index (χ1v) is 11.8. The Morgan fingerprint density at radius 1 is 0.794 bits per heavy atom. The minimum absolute atomic E-state index is 0.768. The third-order valence-corrected chi connectivity index (χ3v) is 5.78. The normalized spacial score (nSPS) is 12.0. The molecule has 0 unspecified atom stereocenters. The van der Waals surface area contributed by atoms with Gasteiger partial charge in [-0.1, -0.05) is 35.4 Å². The highest BCUT2D eigenvalue weighted by Gasteiger charge is 2.10. The lowest BCUT2D eigenvalue weighted by molar-refractivity contribution is 0.603. The maximum Gasteiger partial charge on any atom is 0.151 e. The van der Waals surface area contributed by atoms with E-state index in [0.717, 1.165) is 52.5 Å². The molecule has 3 aromatic carbocycles. The van der Waals surface area contributed by atoms with Crippen molar-refractivity contribution in [2.75, 3.05) is 23.1 Å². The molecular formula is C29H32N4O. The molecule has 0 aliphatic rings. The lowest BCUT2D eigenvalue weighted by Gasteiger charge is -2.18. The van der Waals surface area contributed by atoms with Gasteiger partial charge in [0.2, 0.25) is 0 Å². The van der Waals surface area contributed by atoms with Crippen molar-refractivity contribution in [3.8, 4) is 0 Å². The molecule has 0 bridgehead atoms. The van der Waals surface area contributed by atoms with Crippen LogP contribution in [0.5, 0.6) is 0 Å². The first kappa shape index (κ1) is 23.3. The molecule has 0 saturated heterocycles. The predicted molar refractivity (Wildman–Crippen MR) is 144 cm³/mol. The van der Waals surface area contributed by atoms with Crippen LogP contribution in [-0.2, 0) is 0 Å². The van der Waals surface area contributed by atoms with Gasteiger partial charge < -0.3 is 4.42 Å². The summed E-state index contributed by atoms with van der Waals surface area (Å²) in [4.78, 5) is 0. The Kier molecular flexibility index (Phi) is 7.12.